The summed E-state index contributed by atoms with van der Waals surface area (Å²) in [6.07, 6.45) is 17.3. The number of hydrogen-bond acceptors (Lipinski definition) is 0. The van der Waals surface area contributed by atoms with Gasteiger partial charge < -0.3 is 0 Å². The van der Waals surface area contributed by atoms with Crippen LogP contribution in [0.25, 0.3) is 0 Å². The second-order valence-corrected chi connectivity index (χ2v) is 8.10. The molecular weight excluding hydrogens is 247 g/mol. The summed E-state index contributed by atoms with van der Waals surface area (Å²) < 4.78 is 0. The summed E-state index contributed by atoms with van der Waals surface area (Å²) in [5, 5.41) is 0. The van der Waals surface area contributed by atoms with Gasteiger partial charge in [-0.3, -0.25) is 0 Å². The molecule has 2 unspecified atom stereocenters. The molecule has 0 saturated carbocycles. The molecule has 0 fully saturated rings. The monoisotopic (exact) mass is 286 g/mol. The van der Waals surface area contributed by atoms with E-state index in [1.807, 2.05) is 0 Å². The van der Waals surface area contributed by atoms with E-state index in [9.17, 15) is 0 Å². The van der Waals surface area contributed by atoms with E-state index in [1.54, 1.807) is 0 Å². The number of rotatable bonds is 12. The van der Waals surface area contributed by atoms with Crippen molar-refractivity contribution in [2.45, 2.75) is 110 Å². The molecule has 0 amide bonds. The molecule has 19 heavy (non-hydrogen) atoms. The highest BCUT2D eigenvalue weighted by Crippen LogP contribution is 2.30. The quantitative estimate of drug-likeness (QED) is 0.268. The molecule has 2 atom stereocenters. The van der Waals surface area contributed by atoms with Crippen molar-refractivity contribution in [1.29, 1.82) is 0 Å². The van der Waals surface area contributed by atoms with Crippen LogP contribution in [-0.2, 0) is 0 Å². The fourth-order valence-corrected chi connectivity index (χ4v) is 2.70. The molecule has 0 nitrogen and oxygen atoms in total. The smallest absolute Gasteiger partial charge is 0.0215 e. The first-order valence-electron chi connectivity index (χ1n) is 8.74. The molecule has 0 aromatic rings. The molecule has 0 N–H and O–H groups in total. The van der Waals surface area contributed by atoms with Crippen LogP contribution in [0.15, 0.2) is 0 Å². The maximum absolute atomic E-state index is 3.04. The van der Waals surface area contributed by atoms with Crippen LogP contribution in [0.4, 0.5) is 0 Å². The molecule has 0 heterocycles. The highest BCUT2D eigenvalue weighted by molar-refractivity contribution is 7.17. The Morgan fingerprint density at radius 3 is 1.42 bits per heavy atom. The van der Waals surface area contributed by atoms with Crippen LogP contribution < -0.4 is 0 Å². The molecule has 0 aliphatic heterocycles. The Bertz CT molecular complexity index is 181. The van der Waals surface area contributed by atoms with Crippen LogP contribution in [-0.4, -0.2) is 5.66 Å². The lowest BCUT2D eigenvalue weighted by Gasteiger charge is -2.26. The van der Waals surface area contributed by atoms with Crippen LogP contribution in [0.5, 0.6) is 0 Å². The summed E-state index contributed by atoms with van der Waals surface area (Å²) in [6.45, 7) is 9.34. The maximum Gasteiger partial charge on any atom is -0.0215 e. The van der Waals surface area contributed by atoms with Crippen LogP contribution in [0.1, 0.15) is 105 Å². The van der Waals surface area contributed by atoms with E-state index in [4.69, 9.17) is 0 Å². The third-order valence-corrected chi connectivity index (χ3v) is 5.56. The van der Waals surface area contributed by atoms with Crippen molar-refractivity contribution >= 4 is 9.24 Å². The Hall–Kier alpha value is 0.430. The lowest BCUT2D eigenvalue weighted by atomic mass is 9.88. The molecule has 1 heteroatoms. The summed E-state index contributed by atoms with van der Waals surface area (Å²) in [7, 11) is 3.04. The van der Waals surface area contributed by atoms with Gasteiger partial charge in [-0.25, -0.2) is 0 Å². The Balaban J connectivity index is 3.15. The molecule has 0 aromatic carbocycles. The van der Waals surface area contributed by atoms with Crippen LogP contribution in [0, 0.1) is 5.41 Å². The normalized spacial score (nSPS) is 13.7. The van der Waals surface area contributed by atoms with E-state index >= 15 is 0 Å². The molecule has 0 aliphatic rings. The summed E-state index contributed by atoms with van der Waals surface area (Å²) in [5.41, 5.74) is 1.24. The maximum atomic E-state index is 3.04. The van der Waals surface area contributed by atoms with E-state index in [2.05, 4.69) is 36.9 Å². The topological polar surface area (TPSA) is 0 Å². The summed E-state index contributed by atoms with van der Waals surface area (Å²) in [6, 6.07) is 0. The summed E-state index contributed by atoms with van der Waals surface area (Å²) in [5.74, 6) is 0. The molecule has 0 spiro atoms. The zero-order valence-corrected chi connectivity index (χ0v) is 15.3. The summed E-state index contributed by atoms with van der Waals surface area (Å²) in [4.78, 5) is 0. The Kier molecular flexibility index (Phi) is 12.5. The first kappa shape index (κ1) is 19.4. The molecule has 0 aromatic heterocycles. The van der Waals surface area contributed by atoms with Crippen LogP contribution in [0.2, 0.25) is 0 Å². The first-order chi connectivity index (χ1) is 8.98. The molecule has 0 saturated heterocycles. The van der Waals surface area contributed by atoms with Gasteiger partial charge in [0.25, 0.3) is 0 Å². The number of hydrogen-bond donors (Lipinski definition) is 0. The third-order valence-electron chi connectivity index (χ3n) is 4.23. The van der Waals surface area contributed by atoms with Gasteiger partial charge in [0.2, 0.25) is 0 Å². The standard InChI is InChI=1S/C18H39P/c1-5-6-7-8-9-10-11-12-13-14-15-16-17(19)18(2,3)4/h17H,5-16,19H2,1-4H3. The predicted molar refractivity (Wildman–Crippen MR) is 94.0 cm³/mol. The van der Waals surface area contributed by atoms with Crippen molar-refractivity contribution in [3.05, 3.63) is 0 Å². The van der Waals surface area contributed by atoms with E-state index in [-0.39, 0.29) is 0 Å². The second-order valence-electron chi connectivity index (χ2n) is 7.30. The van der Waals surface area contributed by atoms with Crippen molar-refractivity contribution in [3.8, 4) is 0 Å². The average molecular weight is 286 g/mol. The van der Waals surface area contributed by atoms with Gasteiger partial charge in [-0.05, 0) is 17.5 Å². The zero-order valence-electron chi connectivity index (χ0n) is 14.1. The Labute approximate surface area is 125 Å². The molecule has 116 valence electrons. The SMILES string of the molecule is CCCCCCCCCCCCCC(P)C(C)(C)C. The summed E-state index contributed by atoms with van der Waals surface area (Å²) >= 11 is 0. The van der Waals surface area contributed by atoms with Crippen LogP contribution in [0.3, 0.4) is 0 Å². The van der Waals surface area contributed by atoms with Gasteiger partial charge in [-0.1, -0.05) is 98.3 Å². The molecule has 0 bridgehead atoms. The predicted octanol–water partition coefficient (Wildman–Crippen LogP) is 6.98. The molecule has 0 rings (SSSR count). The van der Waals surface area contributed by atoms with Gasteiger partial charge in [-0.15, -0.1) is 9.24 Å². The average Bonchev–Trinajstić information content (AvgIpc) is 2.34. The van der Waals surface area contributed by atoms with E-state index in [0.717, 1.165) is 5.66 Å². The van der Waals surface area contributed by atoms with Crippen molar-refractivity contribution < 1.29 is 0 Å². The van der Waals surface area contributed by atoms with E-state index in [1.165, 1.54) is 77.0 Å². The molecular formula is C18H39P. The minimum absolute atomic E-state index is 0.461. The van der Waals surface area contributed by atoms with Crippen molar-refractivity contribution in [2.24, 2.45) is 5.41 Å². The lowest BCUT2D eigenvalue weighted by molar-refractivity contribution is 0.370. The van der Waals surface area contributed by atoms with Gasteiger partial charge >= 0.3 is 0 Å². The zero-order chi connectivity index (χ0) is 14.6. The van der Waals surface area contributed by atoms with Crippen molar-refractivity contribution in [3.63, 3.8) is 0 Å². The van der Waals surface area contributed by atoms with Crippen molar-refractivity contribution in [1.82, 2.24) is 0 Å². The largest absolute Gasteiger partial charge is 0.134 e. The number of unbranched alkanes of at least 4 members (excludes halogenated alkanes) is 10. The Morgan fingerprint density at radius 1 is 0.684 bits per heavy atom. The fourth-order valence-electron chi connectivity index (χ4n) is 2.46. The molecule has 0 aliphatic carbocycles. The third kappa shape index (κ3) is 13.2. The Morgan fingerprint density at radius 2 is 1.05 bits per heavy atom. The molecule has 0 radical (unpaired) electrons. The van der Waals surface area contributed by atoms with Gasteiger partial charge in [-0.2, -0.15) is 0 Å². The highest BCUT2D eigenvalue weighted by Gasteiger charge is 2.19. The van der Waals surface area contributed by atoms with Gasteiger partial charge in [0, 0.05) is 0 Å². The van der Waals surface area contributed by atoms with Crippen LogP contribution >= 0.6 is 9.24 Å². The lowest BCUT2D eigenvalue weighted by Crippen LogP contribution is -2.19. The van der Waals surface area contributed by atoms with Gasteiger partial charge in [0.1, 0.15) is 0 Å². The first-order valence-corrected chi connectivity index (χ1v) is 9.40. The fraction of sp³-hybridized carbons (Fsp3) is 1.00. The minimum Gasteiger partial charge on any atom is -0.134 e. The van der Waals surface area contributed by atoms with E-state index in [0.29, 0.717) is 5.41 Å². The minimum atomic E-state index is 0.461. The van der Waals surface area contributed by atoms with Gasteiger partial charge in [0.05, 0.1) is 0 Å². The highest BCUT2D eigenvalue weighted by atomic mass is 31.0. The second kappa shape index (κ2) is 12.2. The van der Waals surface area contributed by atoms with Crippen molar-refractivity contribution in [2.75, 3.05) is 0 Å². The van der Waals surface area contributed by atoms with Gasteiger partial charge in [0.15, 0.2) is 0 Å². The van der Waals surface area contributed by atoms with E-state index < -0.39 is 0 Å².